The summed E-state index contributed by atoms with van der Waals surface area (Å²) in [5.41, 5.74) is 0.450. The zero-order valence-corrected chi connectivity index (χ0v) is 14.3. The predicted molar refractivity (Wildman–Crippen MR) is 85.6 cm³/mol. The summed E-state index contributed by atoms with van der Waals surface area (Å²) in [7, 11) is 0. The van der Waals surface area contributed by atoms with Crippen LogP contribution in [0.25, 0.3) is 0 Å². The number of nitrogens with zero attached hydrogens (tertiary/aromatic N) is 1. The Kier molecular flexibility index (Phi) is 6.32. The molecule has 1 rings (SSSR count). The number of hydrogen-bond acceptors (Lipinski definition) is 2. The fourth-order valence-electron chi connectivity index (χ4n) is 3.78. The molecule has 0 aliphatic heterocycles. The van der Waals surface area contributed by atoms with Crippen LogP contribution in [-0.2, 0) is 0 Å². The first kappa shape index (κ1) is 17.0. The fourth-order valence-corrected chi connectivity index (χ4v) is 3.78. The van der Waals surface area contributed by atoms with Gasteiger partial charge >= 0.3 is 0 Å². The minimum Gasteiger partial charge on any atom is -0.313 e. The van der Waals surface area contributed by atoms with E-state index in [-0.39, 0.29) is 0 Å². The Labute approximate surface area is 121 Å². The molecule has 0 heterocycles. The van der Waals surface area contributed by atoms with Crippen LogP contribution in [0.15, 0.2) is 0 Å². The quantitative estimate of drug-likeness (QED) is 0.813. The van der Waals surface area contributed by atoms with Crippen molar-refractivity contribution in [2.24, 2.45) is 11.3 Å². The molecule has 1 saturated carbocycles. The molecule has 0 amide bonds. The summed E-state index contributed by atoms with van der Waals surface area (Å²) in [5, 5.41) is 3.73. The van der Waals surface area contributed by atoms with Crippen molar-refractivity contribution in [2.75, 3.05) is 13.1 Å². The molecule has 0 aromatic heterocycles. The number of nitrogens with one attached hydrogen (secondary N) is 1. The van der Waals surface area contributed by atoms with Crippen LogP contribution in [0.2, 0.25) is 0 Å². The molecule has 1 aliphatic carbocycles. The molecule has 19 heavy (non-hydrogen) atoms. The summed E-state index contributed by atoms with van der Waals surface area (Å²) in [6, 6.07) is 2.05. The summed E-state index contributed by atoms with van der Waals surface area (Å²) in [4.78, 5) is 2.70. The van der Waals surface area contributed by atoms with E-state index in [2.05, 4.69) is 58.7 Å². The van der Waals surface area contributed by atoms with Gasteiger partial charge in [0.2, 0.25) is 0 Å². The number of rotatable bonds is 5. The summed E-state index contributed by atoms with van der Waals surface area (Å²) in [5.74, 6) is 0.861. The second-order valence-electron chi connectivity index (χ2n) is 7.53. The topological polar surface area (TPSA) is 15.3 Å². The van der Waals surface area contributed by atoms with Crippen LogP contribution in [-0.4, -0.2) is 36.1 Å². The first-order valence-corrected chi connectivity index (χ1v) is 8.30. The van der Waals surface area contributed by atoms with E-state index in [1.807, 2.05) is 0 Å². The van der Waals surface area contributed by atoms with Crippen molar-refractivity contribution < 1.29 is 0 Å². The van der Waals surface area contributed by atoms with Gasteiger partial charge in [0.25, 0.3) is 0 Å². The van der Waals surface area contributed by atoms with E-state index in [4.69, 9.17) is 0 Å². The van der Waals surface area contributed by atoms with Gasteiger partial charge in [0.15, 0.2) is 0 Å². The highest BCUT2D eigenvalue weighted by Gasteiger charge is 2.38. The van der Waals surface area contributed by atoms with Crippen molar-refractivity contribution in [2.45, 2.75) is 85.9 Å². The van der Waals surface area contributed by atoms with Gasteiger partial charge in [-0.1, -0.05) is 34.6 Å². The smallest absolute Gasteiger partial charge is 0.0254 e. The monoisotopic (exact) mass is 268 g/mol. The van der Waals surface area contributed by atoms with Crippen LogP contribution < -0.4 is 5.32 Å². The van der Waals surface area contributed by atoms with Crippen molar-refractivity contribution in [3.8, 4) is 0 Å². The molecule has 0 aromatic rings. The van der Waals surface area contributed by atoms with Crippen molar-refractivity contribution in [3.05, 3.63) is 0 Å². The highest BCUT2D eigenvalue weighted by Crippen LogP contribution is 2.39. The maximum absolute atomic E-state index is 3.73. The van der Waals surface area contributed by atoms with E-state index in [0.717, 1.165) is 12.5 Å². The molecule has 0 radical (unpaired) electrons. The lowest BCUT2D eigenvalue weighted by molar-refractivity contribution is 0.0444. The van der Waals surface area contributed by atoms with Crippen molar-refractivity contribution in [3.63, 3.8) is 0 Å². The molecular formula is C17H36N2. The van der Waals surface area contributed by atoms with Crippen LogP contribution in [0, 0.1) is 11.3 Å². The van der Waals surface area contributed by atoms with E-state index >= 15 is 0 Å². The Bertz CT molecular complexity index is 254. The zero-order chi connectivity index (χ0) is 14.6. The van der Waals surface area contributed by atoms with Crippen molar-refractivity contribution >= 4 is 0 Å². The van der Waals surface area contributed by atoms with E-state index in [0.29, 0.717) is 23.5 Å². The lowest BCUT2D eigenvalue weighted by Gasteiger charge is -2.47. The molecule has 0 spiro atoms. The molecule has 3 unspecified atom stereocenters. The Balaban J connectivity index is 2.83. The Morgan fingerprint density at radius 2 is 1.79 bits per heavy atom. The number of hydrogen-bond donors (Lipinski definition) is 1. The first-order valence-electron chi connectivity index (χ1n) is 8.30. The maximum Gasteiger partial charge on any atom is 0.0254 e. The molecule has 0 saturated heterocycles. The fraction of sp³-hybridized carbons (Fsp3) is 1.00. The third-order valence-electron chi connectivity index (χ3n) is 4.96. The zero-order valence-electron chi connectivity index (χ0n) is 14.3. The lowest BCUT2D eigenvalue weighted by Crippen LogP contribution is -2.56. The van der Waals surface area contributed by atoms with Crippen LogP contribution >= 0.6 is 0 Å². The van der Waals surface area contributed by atoms with Crippen LogP contribution in [0.4, 0.5) is 0 Å². The second kappa shape index (κ2) is 7.08. The SMILES string of the molecule is CCNC1CCC(C(C)(C)C)CC1N(CC)C(C)C. The molecule has 0 aromatic carbocycles. The normalized spacial score (nSPS) is 29.2. The average Bonchev–Trinajstić information content (AvgIpc) is 2.30. The van der Waals surface area contributed by atoms with Crippen molar-refractivity contribution in [1.82, 2.24) is 10.2 Å². The standard InChI is InChI=1S/C17H36N2/c1-8-18-15-11-10-14(17(5,6)7)12-16(15)19(9-2)13(3)4/h13-16,18H,8-12H2,1-7H3. The highest BCUT2D eigenvalue weighted by atomic mass is 15.2. The second-order valence-corrected chi connectivity index (χ2v) is 7.53. The summed E-state index contributed by atoms with van der Waals surface area (Å²) < 4.78 is 0. The molecule has 2 heteroatoms. The average molecular weight is 268 g/mol. The van der Waals surface area contributed by atoms with Crippen LogP contribution in [0.1, 0.15) is 67.7 Å². The summed E-state index contributed by atoms with van der Waals surface area (Å²) in [6.07, 6.45) is 4.07. The summed E-state index contributed by atoms with van der Waals surface area (Å²) >= 11 is 0. The van der Waals surface area contributed by atoms with E-state index < -0.39 is 0 Å². The van der Waals surface area contributed by atoms with Crippen molar-refractivity contribution in [1.29, 1.82) is 0 Å². The van der Waals surface area contributed by atoms with Gasteiger partial charge in [-0.3, -0.25) is 4.90 Å². The molecule has 114 valence electrons. The minimum atomic E-state index is 0.450. The Morgan fingerprint density at radius 3 is 2.21 bits per heavy atom. The summed E-state index contributed by atoms with van der Waals surface area (Å²) in [6.45, 7) is 18.7. The van der Waals surface area contributed by atoms with Gasteiger partial charge < -0.3 is 5.32 Å². The number of likely N-dealkylation sites (N-methyl/N-ethyl adjacent to an activating group) is 2. The largest absolute Gasteiger partial charge is 0.313 e. The predicted octanol–water partition coefficient (Wildman–Crippen LogP) is 3.91. The highest BCUT2D eigenvalue weighted by molar-refractivity contribution is 4.94. The molecule has 1 N–H and O–H groups in total. The van der Waals surface area contributed by atoms with Crippen LogP contribution in [0.5, 0.6) is 0 Å². The molecule has 0 bridgehead atoms. The van der Waals surface area contributed by atoms with Gasteiger partial charge in [0, 0.05) is 18.1 Å². The Hall–Kier alpha value is -0.0800. The third-order valence-corrected chi connectivity index (χ3v) is 4.96. The van der Waals surface area contributed by atoms with E-state index in [9.17, 15) is 0 Å². The van der Waals surface area contributed by atoms with Gasteiger partial charge in [-0.05, 0) is 57.5 Å². The molecule has 2 nitrogen and oxygen atoms in total. The van der Waals surface area contributed by atoms with Gasteiger partial charge in [-0.15, -0.1) is 0 Å². The van der Waals surface area contributed by atoms with Crippen LogP contribution in [0.3, 0.4) is 0 Å². The first-order chi connectivity index (χ1) is 8.81. The molecule has 3 atom stereocenters. The van der Waals surface area contributed by atoms with Gasteiger partial charge in [-0.25, -0.2) is 0 Å². The lowest BCUT2D eigenvalue weighted by atomic mass is 9.69. The maximum atomic E-state index is 3.73. The van der Waals surface area contributed by atoms with E-state index in [1.165, 1.54) is 25.8 Å². The molecular weight excluding hydrogens is 232 g/mol. The minimum absolute atomic E-state index is 0.450. The molecule has 1 aliphatic rings. The third kappa shape index (κ3) is 4.46. The van der Waals surface area contributed by atoms with E-state index in [1.54, 1.807) is 0 Å². The van der Waals surface area contributed by atoms with Gasteiger partial charge in [-0.2, -0.15) is 0 Å². The molecule has 1 fully saturated rings. The van der Waals surface area contributed by atoms with Gasteiger partial charge in [0.05, 0.1) is 0 Å². The van der Waals surface area contributed by atoms with Gasteiger partial charge in [0.1, 0.15) is 0 Å². The Morgan fingerprint density at radius 1 is 1.16 bits per heavy atom.